The van der Waals surface area contributed by atoms with Crippen LogP contribution < -0.4 is 21.7 Å². The van der Waals surface area contributed by atoms with Crippen LogP contribution in [0.1, 0.15) is 55.6 Å². The van der Waals surface area contributed by atoms with Gasteiger partial charge in [-0.15, -0.1) is 0 Å². The predicted molar refractivity (Wildman–Crippen MR) is 154 cm³/mol. The fourth-order valence-electron chi connectivity index (χ4n) is 5.31. The van der Waals surface area contributed by atoms with E-state index in [-0.39, 0.29) is 18.2 Å². The summed E-state index contributed by atoms with van der Waals surface area (Å²) in [4.78, 5) is 21.6. The normalized spacial score (nSPS) is 15.4. The average Bonchev–Trinajstić information content (AvgIpc) is 3.34. The van der Waals surface area contributed by atoms with Crippen molar-refractivity contribution in [1.82, 2.24) is 9.97 Å². The Labute approximate surface area is 242 Å². The third-order valence-corrected chi connectivity index (χ3v) is 10.0. The second kappa shape index (κ2) is 10.8. The first-order chi connectivity index (χ1) is 17.6. The lowest BCUT2D eigenvalue weighted by molar-refractivity contribution is -0.610. The summed E-state index contributed by atoms with van der Waals surface area (Å²) in [6.45, 7) is 10.1. The standard InChI is InChI=1S/C29H31ClN3O2S2.ClH/c1-17-24(16-37-36-15-18-9-7-8-10-21(18)30)33(12-11-25(17)35-6)27-31-22-13-19-20(14-23(22)32-27)29(4,5)26(34)28(19,2)3;/h7-14H,15-16H2,1-6H3,(H,31,32);1H/q+1;/p-1. The maximum Gasteiger partial charge on any atom is 0.402 e. The van der Waals surface area contributed by atoms with E-state index in [2.05, 4.69) is 34.7 Å². The van der Waals surface area contributed by atoms with Gasteiger partial charge < -0.3 is 17.1 Å². The van der Waals surface area contributed by atoms with Crippen molar-refractivity contribution >= 4 is 50.0 Å². The number of carbonyl (C=O) groups is 1. The summed E-state index contributed by atoms with van der Waals surface area (Å²) in [5.74, 6) is 3.43. The largest absolute Gasteiger partial charge is 1.00 e. The summed E-state index contributed by atoms with van der Waals surface area (Å²) in [7, 11) is 5.25. The van der Waals surface area contributed by atoms with Gasteiger partial charge in [0.25, 0.3) is 0 Å². The van der Waals surface area contributed by atoms with Crippen LogP contribution in [0.2, 0.25) is 5.02 Å². The van der Waals surface area contributed by atoms with Gasteiger partial charge in [-0.05, 0) is 69.5 Å². The number of nitrogens with zero attached hydrogens (tertiary/aromatic N) is 2. The first-order valence-electron chi connectivity index (χ1n) is 12.2. The summed E-state index contributed by atoms with van der Waals surface area (Å²) in [6, 6.07) is 14.1. The molecule has 0 saturated carbocycles. The molecule has 0 saturated heterocycles. The molecule has 0 bridgehead atoms. The number of benzene rings is 2. The van der Waals surface area contributed by atoms with Gasteiger partial charge in [0.15, 0.2) is 11.3 Å². The van der Waals surface area contributed by atoms with E-state index in [1.807, 2.05) is 58.2 Å². The molecule has 0 spiro atoms. The van der Waals surface area contributed by atoms with Crippen LogP contribution in [0.3, 0.4) is 0 Å². The molecular weight excluding hydrogens is 557 g/mol. The van der Waals surface area contributed by atoms with Gasteiger partial charge in [-0.25, -0.2) is 9.55 Å². The van der Waals surface area contributed by atoms with Gasteiger partial charge in [0.2, 0.25) is 0 Å². The molecule has 0 radical (unpaired) electrons. The highest BCUT2D eigenvalue weighted by molar-refractivity contribution is 8.76. The number of rotatable bonds is 7. The quantitative estimate of drug-likeness (QED) is 0.201. The topological polar surface area (TPSA) is 58.9 Å². The fourth-order valence-corrected chi connectivity index (χ4v) is 7.82. The Hall–Kier alpha value is -2.19. The van der Waals surface area contributed by atoms with Crippen molar-refractivity contribution in [1.29, 1.82) is 0 Å². The van der Waals surface area contributed by atoms with Crippen LogP contribution in [0.25, 0.3) is 17.0 Å². The second-order valence-electron chi connectivity index (χ2n) is 10.5. The number of aromatic nitrogens is 3. The smallest absolute Gasteiger partial charge is 0.402 e. The number of methoxy groups -OCH3 is 1. The van der Waals surface area contributed by atoms with Crippen LogP contribution in [-0.4, -0.2) is 22.9 Å². The highest BCUT2D eigenvalue weighted by Crippen LogP contribution is 2.47. The van der Waals surface area contributed by atoms with E-state index in [0.717, 1.165) is 67.2 Å². The molecule has 2 aromatic carbocycles. The van der Waals surface area contributed by atoms with Gasteiger partial charge in [0, 0.05) is 33.2 Å². The Kier molecular flexibility index (Phi) is 8.16. The number of ether oxygens (including phenoxy) is 1. The second-order valence-corrected chi connectivity index (χ2v) is 13.4. The lowest BCUT2D eigenvalue weighted by Gasteiger charge is -2.21. The average molecular weight is 589 g/mol. The maximum absolute atomic E-state index is 13.1. The van der Waals surface area contributed by atoms with Gasteiger partial charge in [0.05, 0.1) is 19.1 Å². The fraction of sp³-hybridized carbons (Fsp3) is 0.345. The van der Waals surface area contributed by atoms with E-state index in [9.17, 15) is 4.79 Å². The number of Topliss-reactive ketones (excluding diaryl/α,β-unsaturated/α-hetero) is 1. The van der Waals surface area contributed by atoms with Crippen molar-refractivity contribution in [3.05, 3.63) is 81.6 Å². The first kappa shape index (κ1) is 28.8. The lowest BCUT2D eigenvalue weighted by Crippen LogP contribution is -3.00. The van der Waals surface area contributed by atoms with Gasteiger partial charge in [0.1, 0.15) is 17.0 Å². The molecule has 0 atom stereocenters. The molecule has 5 rings (SSSR count). The Bertz CT molecular complexity index is 1480. The van der Waals surface area contributed by atoms with Crippen LogP contribution in [0, 0.1) is 6.92 Å². The number of pyridine rings is 1. The SMILES string of the molecule is COc1cc[n+](-c2nc3cc4c(cc3[nH]2)C(C)(C)C(=O)C4(C)C)c(CSSCc2ccccc2Cl)c1C.[Cl-]. The summed E-state index contributed by atoms with van der Waals surface area (Å²) in [5.41, 5.74) is 6.19. The molecule has 0 aliphatic heterocycles. The molecule has 0 unspecified atom stereocenters. The summed E-state index contributed by atoms with van der Waals surface area (Å²) < 4.78 is 7.73. The van der Waals surface area contributed by atoms with Crippen molar-refractivity contribution < 1.29 is 26.5 Å². The van der Waals surface area contributed by atoms with Crippen LogP contribution in [0.15, 0.2) is 48.7 Å². The Balaban J connectivity index is 0.00000336. The molecule has 2 aromatic heterocycles. The van der Waals surface area contributed by atoms with Crippen LogP contribution in [0.4, 0.5) is 0 Å². The molecule has 0 amide bonds. The molecule has 2 heterocycles. The van der Waals surface area contributed by atoms with Crippen LogP contribution >= 0.6 is 33.2 Å². The highest BCUT2D eigenvalue weighted by atomic mass is 35.5. The zero-order valence-corrected chi connectivity index (χ0v) is 25.5. The number of nitrogens with one attached hydrogen (secondary N) is 1. The van der Waals surface area contributed by atoms with Crippen molar-refractivity contribution in [2.45, 2.75) is 57.0 Å². The number of hydrogen-bond donors (Lipinski definition) is 1. The highest BCUT2D eigenvalue weighted by Gasteiger charge is 2.50. The summed E-state index contributed by atoms with van der Waals surface area (Å²) in [5, 5.41) is 0.797. The number of hydrogen-bond acceptors (Lipinski definition) is 5. The van der Waals surface area contributed by atoms with E-state index in [0.29, 0.717) is 0 Å². The van der Waals surface area contributed by atoms with Crippen molar-refractivity contribution in [3.63, 3.8) is 0 Å². The molecule has 0 fully saturated rings. The first-order valence-corrected chi connectivity index (χ1v) is 15.1. The van der Waals surface area contributed by atoms with Crippen LogP contribution in [0.5, 0.6) is 5.75 Å². The van der Waals surface area contributed by atoms with Crippen molar-refractivity contribution in [3.8, 4) is 11.7 Å². The molecule has 4 aromatic rings. The number of aromatic amines is 1. The molecule has 9 heteroatoms. The minimum atomic E-state index is -0.531. The van der Waals surface area contributed by atoms with Gasteiger partial charge in [-0.1, -0.05) is 56.4 Å². The van der Waals surface area contributed by atoms with Gasteiger partial charge >= 0.3 is 5.95 Å². The third kappa shape index (κ3) is 4.83. The number of imidazole rings is 1. The summed E-state index contributed by atoms with van der Waals surface area (Å²) in [6.07, 6.45) is 2.00. The maximum atomic E-state index is 13.1. The molecule has 1 N–H and O–H groups in total. The molecule has 1 aliphatic rings. The van der Waals surface area contributed by atoms with E-state index in [1.54, 1.807) is 28.7 Å². The van der Waals surface area contributed by atoms with E-state index in [1.165, 1.54) is 0 Å². The summed E-state index contributed by atoms with van der Waals surface area (Å²) >= 11 is 6.33. The zero-order chi connectivity index (χ0) is 26.5. The molecule has 38 heavy (non-hydrogen) atoms. The zero-order valence-electron chi connectivity index (χ0n) is 22.3. The monoisotopic (exact) mass is 587 g/mol. The van der Waals surface area contributed by atoms with E-state index >= 15 is 0 Å². The minimum Gasteiger partial charge on any atom is -1.00 e. The number of carbonyl (C=O) groups excluding carboxylic acids is 1. The number of ketones is 1. The Morgan fingerprint density at radius 1 is 1.03 bits per heavy atom. The molecular formula is C29H31Cl2N3O2S2. The van der Waals surface area contributed by atoms with Crippen LogP contribution in [-0.2, 0) is 27.1 Å². The van der Waals surface area contributed by atoms with Crippen molar-refractivity contribution in [2.24, 2.45) is 0 Å². The van der Waals surface area contributed by atoms with E-state index < -0.39 is 10.8 Å². The third-order valence-electron chi connectivity index (χ3n) is 7.46. The minimum absolute atomic E-state index is 0. The number of fused-ring (bicyclic) bond motifs is 2. The Morgan fingerprint density at radius 2 is 1.68 bits per heavy atom. The lowest BCUT2D eigenvalue weighted by atomic mass is 9.80. The Morgan fingerprint density at radius 3 is 2.37 bits per heavy atom. The molecule has 5 nitrogen and oxygen atoms in total. The number of halogens is 2. The van der Waals surface area contributed by atoms with Gasteiger partial charge in [-0.3, -0.25) is 4.79 Å². The number of H-pyrrole nitrogens is 1. The molecule has 200 valence electrons. The van der Waals surface area contributed by atoms with Gasteiger partial charge in [-0.2, -0.15) is 0 Å². The molecule has 1 aliphatic carbocycles. The van der Waals surface area contributed by atoms with Crippen molar-refractivity contribution in [2.75, 3.05) is 7.11 Å². The predicted octanol–water partition coefficient (Wildman–Crippen LogP) is 4.03. The van der Waals surface area contributed by atoms with E-state index in [4.69, 9.17) is 21.3 Å².